The van der Waals surface area contributed by atoms with Gasteiger partial charge < -0.3 is 19.6 Å². The Kier molecular flexibility index (Phi) is 16.1. The molecule has 2 rings (SSSR count). The third-order valence-electron chi connectivity index (χ3n) is 6.22. The molecular formula is C28H46N3O3S+. The van der Waals surface area contributed by atoms with Crippen LogP contribution in [-0.4, -0.2) is 62.4 Å². The van der Waals surface area contributed by atoms with Crippen molar-refractivity contribution in [3.05, 3.63) is 54.1 Å². The number of carbonyl (C=O) groups is 1. The monoisotopic (exact) mass is 504 g/mol. The van der Waals surface area contributed by atoms with Gasteiger partial charge >= 0.3 is 0 Å². The molecule has 0 aliphatic heterocycles. The SMILES string of the molecule is CCCCCCCOc1ccccc1C(=O)Nc1ccc(SNCC[N+](C)(CC)CC)cc1.CO. The summed E-state index contributed by atoms with van der Waals surface area (Å²) >= 11 is 1.63. The number of nitrogens with one attached hydrogen (secondary N) is 2. The molecule has 6 nitrogen and oxygen atoms in total. The number of hydrogen-bond donors (Lipinski definition) is 3. The third-order valence-corrected chi connectivity index (χ3v) is 7.08. The van der Waals surface area contributed by atoms with Crippen LogP contribution in [0.2, 0.25) is 0 Å². The molecule has 0 fully saturated rings. The number of nitrogens with zero attached hydrogens (tertiary/aromatic N) is 1. The molecular weight excluding hydrogens is 458 g/mol. The molecule has 35 heavy (non-hydrogen) atoms. The normalized spacial score (nSPS) is 10.9. The Morgan fingerprint density at radius 3 is 2.26 bits per heavy atom. The minimum absolute atomic E-state index is 0.147. The molecule has 0 saturated carbocycles. The first kappa shape index (κ1) is 31.0. The first-order valence-corrected chi connectivity index (χ1v) is 13.6. The van der Waals surface area contributed by atoms with Crippen LogP contribution in [-0.2, 0) is 0 Å². The number of unbranched alkanes of at least 4 members (excludes halogenated alkanes) is 4. The second kappa shape index (κ2) is 18.2. The average molecular weight is 505 g/mol. The Bertz CT molecular complexity index is 826. The van der Waals surface area contributed by atoms with Gasteiger partial charge in [0.25, 0.3) is 5.91 Å². The van der Waals surface area contributed by atoms with E-state index in [0.29, 0.717) is 17.9 Å². The van der Waals surface area contributed by atoms with Gasteiger partial charge in [-0.2, -0.15) is 0 Å². The van der Waals surface area contributed by atoms with Crippen LogP contribution in [0.3, 0.4) is 0 Å². The number of carbonyl (C=O) groups excluding carboxylic acids is 1. The van der Waals surface area contributed by atoms with E-state index in [1.54, 1.807) is 11.9 Å². The zero-order valence-electron chi connectivity index (χ0n) is 22.3. The van der Waals surface area contributed by atoms with Crippen molar-refractivity contribution in [2.45, 2.75) is 57.8 Å². The minimum Gasteiger partial charge on any atom is -0.493 e. The summed E-state index contributed by atoms with van der Waals surface area (Å²) in [7, 11) is 3.29. The molecule has 0 heterocycles. The molecule has 196 valence electrons. The van der Waals surface area contributed by atoms with Gasteiger partial charge in [-0.25, -0.2) is 0 Å². The predicted octanol–water partition coefficient (Wildman–Crippen LogP) is 5.98. The van der Waals surface area contributed by atoms with Gasteiger partial charge in [0.15, 0.2) is 0 Å². The van der Waals surface area contributed by atoms with Crippen molar-refractivity contribution >= 4 is 23.5 Å². The van der Waals surface area contributed by atoms with E-state index < -0.39 is 0 Å². The quantitative estimate of drug-likeness (QED) is 0.149. The smallest absolute Gasteiger partial charge is 0.259 e. The maximum absolute atomic E-state index is 12.8. The van der Waals surface area contributed by atoms with Crippen LogP contribution in [0.4, 0.5) is 5.69 Å². The number of hydrogen-bond acceptors (Lipinski definition) is 5. The highest BCUT2D eigenvalue weighted by Crippen LogP contribution is 2.22. The number of benzene rings is 2. The number of amides is 1. The maximum atomic E-state index is 12.8. The molecule has 0 unspecified atom stereocenters. The summed E-state index contributed by atoms with van der Waals surface area (Å²) in [6, 6.07) is 15.4. The summed E-state index contributed by atoms with van der Waals surface area (Å²) < 4.78 is 10.4. The van der Waals surface area contributed by atoms with Crippen molar-refractivity contribution in [3.8, 4) is 5.75 Å². The van der Waals surface area contributed by atoms with Crippen LogP contribution >= 0.6 is 11.9 Å². The van der Waals surface area contributed by atoms with Crippen molar-refractivity contribution in [1.29, 1.82) is 0 Å². The predicted molar refractivity (Wildman–Crippen MR) is 149 cm³/mol. The number of aliphatic hydroxyl groups is 1. The van der Waals surface area contributed by atoms with Crippen LogP contribution < -0.4 is 14.8 Å². The van der Waals surface area contributed by atoms with Crippen molar-refractivity contribution in [3.63, 3.8) is 0 Å². The summed E-state index contributed by atoms with van der Waals surface area (Å²) in [5.74, 6) is 0.498. The van der Waals surface area contributed by atoms with Crippen LogP contribution in [0.5, 0.6) is 5.75 Å². The molecule has 1 amide bonds. The molecule has 3 N–H and O–H groups in total. The van der Waals surface area contributed by atoms with E-state index in [2.05, 4.69) is 37.9 Å². The van der Waals surface area contributed by atoms with E-state index in [4.69, 9.17) is 9.84 Å². The number of para-hydroxylation sites is 1. The van der Waals surface area contributed by atoms with Gasteiger partial charge in [0.05, 0.1) is 45.4 Å². The fourth-order valence-corrected chi connectivity index (χ4v) is 4.09. The summed E-state index contributed by atoms with van der Waals surface area (Å²) in [6.07, 6.45) is 5.91. The molecule has 0 saturated heterocycles. The lowest BCUT2D eigenvalue weighted by atomic mass is 10.1. The molecule has 7 heteroatoms. The standard InChI is InChI=1S/C27H41N3O2S.CH4O/c1-5-8-9-10-13-22-32-26-15-12-11-14-25(26)27(31)29-23-16-18-24(19-17-23)33-28-20-21-30(4,6-2)7-3;1-2/h11-12,14-19,28H,5-10,13,20-22H2,1-4H3;2H,1H3/p+1. The van der Waals surface area contributed by atoms with Gasteiger partial charge in [-0.05, 0) is 68.6 Å². The van der Waals surface area contributed by atoms with Gasteiger partial charge in [-0.15, -0.1) is 0 Å². The van der Waals surface area contributed by atoms with Crippen LogP contribution in [0.1, 0.15) is 63.2 Å². The zero-order chi connectivity index (χ0) is 25.9. The van der Waals surface area contributed by atoms with Gasteiger partial charge in [-0.1, -0.05) is 44.7 Å². The molecule has 0 radical (unpaired) electrons. The highest BCUT2D eigenvalue weighted by molar-refractivity contribution is 7.97. The number of aliphatic hydroxyl groups excluding tert-OH is 1. The average Bonchev–Trinajstić information content (AvgIpc) is 2.90. The summed E-state index contributed by atoms with van der Waals surface area (Å²) in [5, 5.41) is 10.00. The number of ether oxygens (including phenoxy) is 1. The van der Waals surface area contributed by atoms with Crippen LogP contribution in [0, 0.1) is 0 Å². The second-order valence-electron chi connectivity index (χ2n) is 8.71. The van der Waals surface area contributed by atoms with E-state index in [9.17, 15) is 4.79 Å². The van der Waals surface area contributed by atoms with Crippen molar-refractivity contribution in [1.82, 2.24) is 4.72 Å². The molecule has 0 aliphatic rings. The van der Waals surface area contributed by atoms with Crippen molar-refractivity contribution in [2.24, 2.45) is 0 Å². The van der Waals surface area contributed by atoms with E-state index in [0.717, 1.165) is 61.2 Å². The first-order valence-electron chi connectivity index (χ1n) is 12.8. The molecule has 0 bridgehead atoms. The largest absolute Gasteiger partial charge is 0.493 e. The van der Waals surface area contributed by atoms with E-state index in [-0.39, 0.29) is 5.91 Å². The summed E-state index contributed by atoms with van der Waals surface area (Å²) in [5.41, 5.74) is 1.35. The number of rotatable bonds is 16. The molecule has 0 aliphatic carbocycles. The molecule has 0 atom stereocenters. The van der Waals surface area contributed by atoms with Crippen molar-refractivity contribution in [2.75, 3.05) is 52.3 Å². The van der Waals surface area contributed by atoms with E-state index in [1.165, 1.54) is 19.3 Å². The highest BCUT2D eigenvalue weighted by atomic mass is 32.2. The maximum Gasteiger partial charge on any atom is 0.259 e. The topological polar surface area (TPSA) is 70.6 Å². The van der Waals surface area contributed by atoms with E-state index in [1.807, 2.05) is 48.5 Å². The Morgan fingerprint density at radius 1 is 0.943 bits per heavy atom. The number of quaternary nitrogens is 1. The van der Waals surface area contributed by atoms with Gasteiger partial charge in [0, 0.05) is 17.7 Å². The fraction of sp³-hybridized carbons (Fsp3) is 0.536. The summed E-state index contributed by atoms with van der Waals surface area (Å²) in [6.45, 7) is 11.7. The first-order chi connectivity index (χ1) is 17.0. The fourth-order valence-electron chi connectivity index (χ4n) is 3.46. The lowest BCUT2D eigenvalue weighted by Crippen LogP contribution is -2.46. The number of anilines is 1. The molecule has 2 aromatic carbocycles. The Hall–Kier alpha value is -2.06. The Balaban J connectivity index is 0.00000298. The van der Waals surface area contributed by atoms with Gasteiger partial charge in [0.2, 0.25) is 0 Å². The van der Waals surface area contributed by atoms with Crippen LogP contribution in [0.25, 0.3) is 0 Å². The van der Waals surface area contributed by atoms with Crippen LogP contribution in [0.15, 0.2) is 53.4 Å². The molecule has 2 aromatic rings. The zero-order valence-corrected chi connectivity index (χ0v) is 23.1. The minimum atomic E-state index is -0.147. The number of likely N-dealkylation sites (N-methyl/N-ethyl adjacent to an activating group) is 1. The summed E-state index contributed by atoms with van der Waals surface area (Å²) in [4.78, 5) is 14.0. The molecule has 0 aromatic heterocycles. The third kappa shape index (κ3) is 12.0. The Morgan fingerprint density at radius 2 is 1.60 bits per heavy atom. The van der Waals surface area contributed by atoms with E-state index >= 15 is 0 Å². The highest BCUT2D eigenvalue weighted by Gasteiger charge is 2.15. The van der Waals surface area contributed by atoms with Gasteiger partial charge in [-0.3, -0.25) is 9.52 Å². The molecule has 0 spiro atoms. The van der Waals surface area contributed by atoms with Gasteiger partial charge in [0.1, 0.15) is 5.75 Å². The Labute approximate surface area is 217 Å². The second-order valence-corrected chi connectivity index (χ2v) is 9.67. The lowest BCUT2D eigenvalue weighted by Gasteiger charge is -2.32. The lowest BCUT2D eigenvalue weighted by molar-refractivity contribution is -0.904. The van der Waals surface area contributed by atoms with Crippen molar-refractivity contribution < 1.29 is 19.1 Å².